The molecule has 1 amide bonds. The smallest absolute Gasteiger partial charge is 0.326 e. The van der Waals surface area contributed by atoms with Gasteiger partial charge in [0.05, 0.1) is 5.69 Å². The normalized spacial score (nSPS) is 11.8. The molecule has 27 heavy (non-hydrogen) atoms. The van der Waals surface area contributed by atoms with Crippen molar-refractivity contribution in [2.24, 2.45) is 10.8 Å². The van der Waals surface area contributed by atoms with Crippen molar-refractivity contribution in [1.29, 1.82) is 0 Å². The van der Waals surface area contributed by atoms with E-state index < -0.39 is 12.0 Å². The predicted octanol–water partition coefficient (Wildman–Crippen LogP) is 1.52. The van der Waals surface area contributed by atoms with E-state index in [9.17, 15) is 9.59 Å². The fourth-order valence-corrected chi connectivity index (χ4v) is 2.41. The number of nitrogens with two attached hydrogens (primary N) is 1. The van der Waals surface area contributed by atoms with Crippen molar-refractivity contribution in [1.82, 2.24) is 10.7 Å². The molecule has 8 nitrogen and oxygen atoms in total. The first-order valence-corrected chi connectivity index (χ1v) is 8.27. The first-order chi connectivity index (χ1) is 13.0. The van der Waals surface area contributed by atoms with E-state index in [0.717, 1.165) is 16.8 Å². The average molecular weight is 370 g/mol. The molecule has 142 valence electrons. The van der Waals surface area contributed by atoms with E-state index in [0.29, 0.717) is 12.4 Å². The van der Waals surface area contributed by atoms with Crippen LogP contribution >= 0.6 is 0 Å². The van der Waals surface area contributed by atoms with E-state index in [-0.39, 0.29) is 12.3 Å². The van der Waals surface area contributed by atoms with Gasteiger partial charge < -0.3 is 20.6 Å². The van der Waals surface area contributed by atoms with Crippen LogP contribution in [0.5, 0.6) is 5.75 Å². The van der Waals surface area contributed by atoms with Crippen LogP contribution in [0.4, 0.5) is 5.69 Å². The molecule has 0 aliphatic rings. The largest absolute Gasteiger partial charge is 0.489 e. The molecule has 0 heterocycles. The third-order valence-corrected chi connectivity index (χ3v) is 3.64. The number of ether oxygens (including phenoxy) is 1. The van der Waals surface area contributed by atoms with Crippen molar-refractivity contribution in [2.75, 3.05) is 0 Å². The average Bonchev–Trinajstić information content (AvgIpc) is 2.65. The summed E-state index contributed by atoms with van der Waals surface area (Å²) in [6, 6.07) is 13.7. The van der Waals surface area contributed by atoms with E-state index in [4.69, 9.17) is 15.7 Å². The zero-order valence-electron chi connectivity index (χ0n) is 14.9. The van der Waals surface area contributed by atoms with Gasteiger partial charge in [-0.1, -0.05) is 24.3 Å². The molecule has 0 aliphatic carbocycles. The Labute approximate surface area is 157 Å². The molecule has 8 heteroatoms. The topological polar surface area (TPSA) is 126 Å². The summed E-state index contributed by atoms with van der Waals surface area (Å²) in [4.78, 5) is 26.4. The zero-order chi connectivity index (χ0) is 19.6. The second kappa shape index (κ2) is 9.93. The summed E-state index contributed by atoms with van der Waals surface area (Å²) in [6.45, 7) is 1.65. The Morgan fingerprint density at radius 2 is 1.96 bits per heavy atom. The molecule has 0 saturated carbocycles. The van der Waals surface area contributed by atoms with Crippen molar-refractivity contribution in [3.05, 3.63) is 59.7 Å². The van der Waals surface area contributed by atoms with Gasteiger partial charge in [-0.2, -0.15) is 0 Å². The third kappa shape index (κ3) is 6.79. The number of hydrogen-bond acceptors (Lipinski definition) is 5. The number of carboxylic acid groups (broad SMARTS) is 1. The van der Waals surface area contributed by atoms with Crippen LogP contribution in [0, 0.1) is 0 Å². The Bertz CT molecular complexity index is 806. The second-order valence-corrected chi connectivity index (χ2v) is 5.82. The number of nitrogens with one attached hydrogen (secondary N) is 2. The van der Waals surface area contributed by atoms with Crippen LogP contribution in [0.3, 0.4) is 0 Å². The maximum absolute atomic E-state index is 11.2. The molecule has 0 aromatic heterocycles. The van der Waals surface area contributed by atoms with Crippen molar-refractivity contribution in [3.8, 4) is 5.75 Å². The van der Waals surface area contributed by atoms with Gasteiger partial charge in [0.2, 0.25) is 5.91 Å². The van der Waals surface area contributed by atoms with E-state index >= 15 is 0 Å². The number of aliphatic imine (C=N–C) groups is 1. The minimum absolute atomic E-state index is 0.199. The van der Waals surface area contributed by atoms with Crippen LogP contribution in [-0.2, 0) is 22.6 Å². The molecule has 0 fully saturated rings. The lowest BCUT2D eigenvalue weighted by atomic mass is 10.1. The highest BCUT2D eigenvalue weighted by Gasteiger charge is 2.18. The summed E-state index contributed by atoms with van der Waals surface area (Å²) >= 11 is 0. The lowest BCUT2D eigenvalue weighted by Gasteiger charge is -2.13. The quantitative estimate of drug-likeness (QED) is 0.229. The van der Waals surface area contributed by atoms with Gasteiger partial charge in [-0.25, -0.2) is 15.6 Å². The molecule has 0 saturated heterocycles. The van der Waals surface area contributed by atoms with Gasteiger partial charge in [0, 0.05) is 13.3 Å². The van der Waals surface area contributed by atoms with Crippen molar-refractivity contribution in [2.45, 2.75) is 26.0 Å². The Hall–Kier alpha value is -3.39. The number of amides is 1. The zero-order valence-corrected chi connectivity index (χ0v) is 14.9. The lowest BCUT2D eigenvalue weighted by molar-refractivity contribution is -0.141. The number of rotatable bonds is 9. The van der Waals surface area contributed by atoms with Crippen LogP contribution in [0.2, 0.25) is 0 Å². The van der Waals surface area contributed by atoms with Crippen molar-refractivity contribution >= 4 is 23.9 Å². The Kier molecular flexibility index (Phi) is 7.33. The van der Waals surface area contributed by atoms with Gasteiger partial charge in [0.15, 0.2) is 0 Å². The van der Waals surface area contributed by atoms with Crippen molar-refractivity contribution < 1.29 is 19.4 Å². The summed E-state index contributed by atoms with van der Waals surface area (Å²) in [5.74, 6) is 4.36. The Balaban J connectivity index is 1.94. The number of hydrogen-bond donors (Lipinski definition) is 4. The molecular weight excluding hydrogens is 348 g/mol. The summed E-state index contributed by atoms with van der Waals surface area (Å²) < 4.78 is 5.75. The maximum atomic E-state index is 11.2. The van der Waals surface area contributed by atoms with Gasteiger partial charge >= 0.3 is 5.97 Å². The number of hydrazine groups is 1. The van der Waals surface area contributed by atoms with Gasteiger partial charge in [-0.3, -0.25) is 4.79 Å². The first-order valence-electron chi connectivity index (χ1n) is 8.27. The van der Waals surface area contributed by atoms with Crippen LogP contribution in [0.15, 0.2) is 53.5 Å². The summed E-state index contributed by atoms with van der Waals surface area (Å²) in [7, 11) is 0. The van der Waals surface area contributed by atoms with E-state index in [2.05, 4.69) is 15.7 Å². The number of nitrogens with zero attached hydrogens (tertiary/aromatic N) is 1. The number of carbonyl (C=O) groups excluding carboxylic acids is 1. The van der Waals surface area contributed by atoms with Gasteiger partial charge in [-0.15, -0.1) is 0 Å². The van der Waals surface area contributed by atoms with E-state index in [1.807, 2.05) is 24.3 Å². The fraction of sp³-hybridized carbons (Fsp3) is 0.211. The standard InChI is InChI=1S/C19H22N4O4/c1-13(24)23-18(19(25)26)10-14-5-7-17(8-6-14)27-11-15-3-2-4-16(9-15)21-12-22-20/h2-9,12,18H,10-11,20H2,1H3,(H,21,22)(H,23,24)(H,25,26). The summed E-state index contributed by atoms with van der Waals surface area (Å²) in [5.41, 5.74) is 4.83. The Morgan fingerprint density at radius 1 is 1.22 bits per heavy atom. The number of carbonyl (C=O) groups is 2. The molecule has 0 aliphatic heterocycles. The second-order valence-electron chi connectivity index (χ2n) is 5.82. The predicted molar refractivity (Wildman–Crippen MR) is 102 cm³/mol. The molecule has 1 atom stereocenters. The molecule has 0 spiro atoms. The summed E-state index contributed by atoms with van der Waals surface area (Å²) in [5, 5.41) is 11.6. The molecule has 0 radical (unpaired) electrons. The van der Waals surface area contributed by atoms with Gasteiger partial charge in [0.1, 0.15) is 24.7 Å². The SMILES string of the molecule is CC(=O)NC(Cc1ccc(OCc2cccc(N=CNN)c2)cc1)C(=O)O. The van der Waals surface area contributed by atoms with Crippen LogP contribution in [0.25, 0.3) is 0 Å². The highest BCUT2D eigenvalue weighted by Crippen LogP contribution is 2.18. The molecule has 2 aromatic carbocycles. The molecule has 5 N–H and O–H groups in total. The maximum Gasteiger partial charge on any atom is 0.326 e. The number of aliphatic carboxylic acids is 1. The molecule has 2 aromatic rings. The van der Waals surface area contributed by atoms with E-state index in [1.54, 1.807) is 24.3 Å². The Morgan fingerprint density at radius 3 is 2.59 bits per heavy atom. The monoisotopic (exact) mass is 370 g/mol. The lowest BCUT2D eigenvalue weighted by Crippen LogP contribution is -2.41. The van der Waals surface area contributed by atoms with Crippen molar-refractivity contribution in [3.63, 3.8) is 0 Å². The molecule has 1 unspecified atom stereocenters. The first kappa shape index (κ1) is 19.9. The fourth-order valence-electron chi connectivity index (χ4n) is 2.41. The highest BCUT2D eigenvalue weighted by molar-refractivity contribution is 5.82. The molecular formula is C19H22N4O4. The van der Waals surface area contributed by atoms with Gasteiger partial charge in [0.25, 0.3) is 0 Å². The molecule has 2 rings (SSSR count). The van der Waals surface area contributed by atoms with Crippen LogP contribution in [0.1, 0.15) is 18.1 Å². The third-order valence-electron chi connectivity index (χ3n) is 3.64. The number of benzene rings is 2. The van der Waals surface area contributed by atoms with Gasteiger partial charge in [-0.05, 0) is 35.4 Å². The highest BCUT2D eigenvalue weighted by atomic mass is 16.5. The van der Waals surface area contributed by atoms with E-state index in [1.165, 1.54) is 13.3 Å². The molecule has 0 bridgehead atoms. The van der Waals surface area contributed by atoms with Crippen LogP contribution < -0.4 is 21.3 Å². The minimum atomic E-state index is -1.07. The summed E-state index contributed by atoms with van der Waals surface area (Å²) in [6.07, 6.45) is 1.59. The minimum Gasteiger partial charge on any atom is -0.489 e. The number of carboxylic acids is 1. The van der Waals surface area contributed by atoms with Crippen LogP contribution in [-0.4, -0.2) is 29.4 Å².